The monoisotopic (exact) mass is 432 g/mol. The Morgan fingerprint density at radius 2 is 1.72 bits per heavy atom. The molecular weight excluding hydrogens is 418 g/mol. The maximum Gasteiger partial charge on any atom is 0.264 e. The number of hydrogen-bond donors (Lipinski definition) is 1. The summed E-state index contributed by atoms with van der Waals surface area (Å²) in [5.74, 6) is -2.07. The number of anilines is 1. The third-order valence-electron chi connectivity index (χ3n) is 4.28. The maximum absolute atomic E-state index is 13.9. The molecule has 1 N–H and O–H groups in total. The van der Waals surface area contributed by atoms with Crippen molar-refractivity contribution < 1.29 is 17.2 Å². The van der Waals surface area contributed by atoms with Gasteiger partial charge in [-0.3, -0.25) is 13.5 Å². The fourth-order valence-electron chi connectivity index (χ4n) is 2.95. The van der Waals surface area contributed by atoms with Crippen molar-refractivity contribution in [1.82, 2.24) is 3.96 Å². The van der Waals surface area contributed by atoms with E-state index in [-0.39, 0.29) is 10.4 Å². The molecule has 1 aromatic heterocycles. The van der Waals surface area contributed by atoms with E-state index in [4.69, 9.17) is 0 Å². The van der Waals surface area contributed by atoms with E-state index < -0.39 is 26.6 Å². The Morgan fingerprint density at radius 3 is 2.45 bits per heavy atom. The molecule has 0 spiro atoms. The Hall–Kier alpha value is -3.04. The first-order chi connectivity index (χ1) is 13.8. The van der Waals surface area contributed by atoms with E-state index in [0.717, 1.165) is 29.2 Å². The van der Waals surface area contributed by atoms with E-state index in [1.54, 1.807) is 6.07 Å². The van der Waals surface area contributed by atoms with Crippen LogP contribution in [-0.4, -0.2) is 12.4 Å². The molecule has 5 nitrogen and oxygen atoms in total. The van der Waals surface area contributed by atoms with E-state index in [0.29, 0.717) is 23.5 Å². The Balaban J connectivity index is 1.67. The molecular formula is C20H14F2N2O3S2. The minimum Gasteiger partial charge on any atom is -0.290 e. The molecule has 3 aromatic carbocycles. The average Bonchev–Trinajstić information content (AvgIpc) is 2.97. The van der Waals surface area contributed by atoms with E-state index in [9.17, 15) is 22.0 Å². The van der Waals surface area contributed by atoms with E-state index >= 15 is 0 Å². The van der Waals surface area contributed by atoms with Crippen LogP contribution in [0.3, 0.4) is 0 Å². The zero-order valence-electron chi connectivity index (χ0n) is 14.8. The second-order valence-corrected chi connectivity index (χ2v) is 8.96. The van der Waals surface area contributed by atoms with Gasteiger partial charge < -0.3 is 0 Å². The second-order valence-electron chi connectivity index (χ2n) is 6.31. The molecule has 1 heterocycles. The highest BCUT2D eigenvalue weighted by atomic mass is 32.2. The molecule has 0 saturated carbocycles. The molecule has 0 fully saturated rings. The predicted molar refractivity (Wildman–Crippen MR) is 109 cm³/mol. The maximum atomic E-state index is 13.9. The van der Waals surface area contributed by atoms with E-state index in [1.165, 1.54) is 12.1 Å². The summed E-state index contributed by atoms with van der Waals surface area (Å²) >= 11 is 1.03. The third-order valence-corrected chi connectivity index (χ3v) is 6.63. The summed E-state index contributed by atoms with van der Waals surface area (Å²) in [5.41, 5.74) is 1.81. The average molecular weight is 432 g/mol. The number of benzene rings is 3. The van der Waals surface area contributed by atoms with Gasteiger partial charge in [-0.25, -0.2) is 17.2 Å². The summed E-state index contributed by atoms with van der Waals surface area (Å²) in [4.78, 5) is 11.7. The summed E-state index contributed by atoms with van der Waals surface area (Å²) in [6.07, 6.45) is 0. The topological polar surface area (TPSA) is 68.2 Å². The zero-order valence-corrected chi connectivity index (χ0v) is 16.4. The number of rotatable bonds is 5. The standard InChI is InChI=1S/C20H14F2N2O3S2/c21-14-6-9-19(17(22)10-14)29(26,27)23-15-7-8-18-16(11-15)20(25)28-24(18)12-13-4-2-1-3-5-13/h1-11,23H,12H2. The van der Waals surface area contributed by atoms with Gasteiger partial charge in [-0.15, -0.1) is 0 Å². The molecule has 0 unspecified atom stereocenters. The van der Waals surface area contributed by atoms with Crippen LogP contribution in [0.5, 0.6) is 0 Å². The molecule has 0 saturated heterocycles. The minimum atomic E-state index is -4.28. The second kappa shape index (κ2) is 7.41. The molecule has 0 aliphatic rings. The summed E-state index contributed by atoms with van der Waals surface area (Å²) in [5, 5.41) is 0.353. The Bertz CT molecular complexity index is 1360. The van der Waals surface area contributed by atoms with Gasteiger partial charge in [0.15, 0.2) is 0 Å². The van der Waals surface area contributed by atoms with Crippen molar-refractivity contribution in [3.63, 3.8) is 0 Å². The Kier molecular flexibility index (Phi) is 4.93. The first-order valence-corrected chi connectivity index (χ1v) is 10.7. The minimum absolute atomic E-state index is 0.114. The van der Waals surface area contributed by atoms with Crippen molar-refractivity contribution >= 4 is 38.1 Å². The molecule has 0 bridgehead atoms. The van der Waals surface area contributed by atoms with Gasteiger partial charge in [-0.05, 0) is 47.4 Å². The highest BCUT2D eigenvalue weighted by Gasteiger charge is 2.20. The van der Waals surface area contributed by atoms with Gasteiger partial charge in [0.25, 0.3) is 14.8 Å². The lowest BCUT2D eigenvalue weighted by Crippen LogP contribution is -2.14. The highest BCUT2D eigenvalue weighted by molar-refractivity contribution is 7.92. The molecule has 9 heteroatoms. The van der Waals surface area contributed by atoms with Crippen LogP contribution in [0.1, 0.15) is 5.56 Å². The quantitative estimate of drug-likeness (QED) is 0.514. The van der Waals surface area contributed by atoms with E-state index in [2.05, 4.69) is 4.72 Å². The molecule has 0 aliphatic heterocycles. The fourth-order valence-corrected chi connectivity index (χ4v) is 4.99. The lowest BCUT2D eigenvalue weighted by atomic mass is 10.2. The lowest BCUT2D eigenvalue weighted by Gasteiger charge is -2.09. The molecule has 4 aromatic rings. The van der Waals surface area contributed by atoms with Crippen LogP contribution in [0.15, 0.2) is 76.4 Å². The first-order valence-electron chi connectivity index (χ1n) is 8.49. The van der Waals surface area contributed by atoms with Crippen LogP contribution in [0.4, 0.5) is 14.5 Å². The summed E-state index contributed by atoms with van der Waals surface area (Å²) in [6, 6.07) is 16.4. The summed E-state index contributed by atoms with van der Waals surface area (Å²) in [7, 11) is -4.28. The molecule has 4 rings (SSSR count). The molecule has 0 atom stereocenters. The smallest absolute Gasteiger partial charge is 0.264 e. The highest BCUT2D eigenvalue weighted by Crippen LogP contribution is 2.24. The van der Waals surface area contributed by atoms with Crippen molar-refractivity contribution in [3.8, 4) is 0 Å². The first kappa shape index (κ1) is 19.3. The van der Waals surface area contributed by atoms with Crippen LogP contribution in [-0.2, 0) is 16.6 Å². The van der Waals surface area contributed by atoms with Gasteiger partial charge in [-0.2, -0.15) is 0 Å². The van der Waals surface area contributed by atoms with Gasteiger partial charge in [-0.1, -0.05) is 30.3 Å². The number of aromatic nitrogens is 1. The van der Waals surface area contributed by atoms with Gasteiger partial charge in [0, 0.05) is 11.8 Å². The number of nitrogens with zero attached hydrogens (tertiary/aromatic N) is 1. The van der Waals surface area contributed by atoms with Crippen LogP contribution in [0, 0.1) is 11.6 Å². The number of halogens is 2. The van der Waals surface area contributed by atoms with E-state index in [1.807, 2.05) is 34.3 Å². The van der Waals surface area contributed by atoms with Crippen molar-refractivity contribution in [2.24, 2.45) is 0 Å². The number of nitrogens with one attached hydrogen (secondary N) is 1. The zero-order chi connectivity index (χ0) is 20.6. The van der Waals surface area contributed by atoms with Gasteiger partial charge in [0.2, 0.25) is 0 Å². The van der Waals surface area contributed by atoms with Crippen molar-refractivity contribution in [2.45, 2.75) is 11.4 Å². The van der Waals surface area contributed by atoms with Crippen LogP contribution in [0.25, 0.3) is 10.9 Å². The SMILES string of the molecule is O=c1sn(Cc2ccccc2)c2ccc(NS(=O)(=O)c3ccc(F)cc3F)cc12. The normalized spacial score (nSPS) is 11.7. The predicted octanol–water partition coefficient (Wildman–Crippen LogP) is 4.19. The van der Waals surface area contributed by atoms with Gasteiger partial charge in [0.1, 0.15) is 16.5 Å². The van der Waals surface area contributed by atoms with Crippen LogP contribution < -0.4 is 9.46 Å². The molecule has 0 aliphatic carbocycles. The fraction of sp³-hybridized carbons (Fsp3) is 0.0500. The largest absolute Gasteiger partial charge is 0.290 e. The molecule has 0 radical (unpaired) electrons. The Labute approximate surface area is 169 Å². The molecule has 148 valence electrons. The van der Waals surface area contributed by atoms with Gasteiger partial charge in [0.05, 0.1) is 17.4 Å². The summed E-state index contributed by atoms with van der Waals surface area (Å²) in [6.45, 7) is 0.510. The molecule has 29 heavy (non-hydrogen) atoms. The van der Waals surface area contributed by atoms with Gasteiger partial charge >= 0.3 is 0 Å². The Morgan fingerprint density at radius 1 is 0.966 bits per heavy atom. The lowest BCUT2D eigenvalue weighted by molar-refractivity contribution is 0.551. The summed E-state index contributed by atoms with van der Waals surface area (Å²) < 4.78 is 55.7. The molecule has 0 amide bonds. The third kappa shape index (κ3) is 3.92. The van der Waals surface area contributed by atoms with Crippen LogP contribution in [0.2, 0.25) is 0 Å². The van der Waals surface area contributed by atoms with Crippen molar-refractivity contribution in [3.05, 3.63) is 93.5 Å². The van der Waals surface area contributed by atoms with Crippen molar-refractivity contribution in [1.29, 1.82) is 0 Å². The van der Waals surface area contributed by atoms with Crippen molar-refractivity contribution in [2.75, 3.05) is 4.72 Å². The van der Waals surface area contributed by atoms with Crippen LogP contribution >= 0.6 is 11.5 Å². The number of sulfonamides is 1. The number of fused-ring (bicyclic) bond motifs is 1. The number of hydrogen-bond acceptors (Lipinski definition) is 4.